The molecule has 0 radical (unpaired) electrons. The Morgan fingerprint density at radius 1 is 1.32 bits per heavy atom. The van der Waals surface area contributed by atoms with Crippen molar-refractivity contribution >= 4 is 11.0 Å². The first-order valence-corrected chi connectivity index (χ1v) is 6.60. The van der Waals surface area contributed by atoms with Crippen molar-refractivity contribution in [1.82, 2.24) is 15.0 Å². The fourth-order valence-electron chi connectivity index (χ4n) is 2.12. The van der Waals surface area contributed by atoms with Gasteiger partial charge in [-0.25, -0.2) is 9.97 Å². The summed E-state index contributed by atoms with van der Waals surface area (Å²) in [6.07, 6.45) is 5.30. The summed E-state index contributed by atoms with van der Waals surface area (Å²) in [6, 6.07) is 6.08. The second-order valence-corrected chi connectivity index (χ2v) is 5.21. The molecule has 0 bridgehead atoms. The number of benzene rings is 1. The minimum atomic E-state index is 0.693. The summed E-state index contributed by atoms with van der Waals surface area (Å²) in [5, 5.41) is 0. The second-order valence-electron chi connectivity index (χ2n) is 5.21. The number of nitrogens with zero attached hydrogens (tertiary/aromatic N) is 2. The van der Waals surface area contributed by atoms with Crippen LogP contribution in [0.15, 0.2) is 35.2 Å². The zero-order valence-electron chi connectivity index (χ0n) is 11.2. The van der Waals surface area contributed by atoms with Gasteiger partial charge in [-0.2, -0.15) is 0 Å². The van der Waals surface area contributed by atoms with E-state index >= 15 is 0 Å². The number of hydrogen-bond donors (Lipinski definition) is 1. The van der Waals surface area contributed by atoms with Crippen molar-refractivity contribution in [3.8, 4) is 11.3 Å². The van der Waals surface area contributed by atoms with Gasteiger partial charge in [-0.15, -0.1) is 0 Å². The molecule has 0 aliphatic rings. The van der Waals surface area contributed by atoms with Gasteiger partial charge in [0.2, 0.25) is 0 Å². The van der Waals surface area contributed by atoms with Gasteiger partial charge in [-0.3, -0.25) is 0 Å². The number of nitrogens with one attached hydrogen (secondary N) is 1. The van der Waals surface area contributed by atoms with Crippen molar-refractivity contribution in [1.29, 1.82) is 0 Å². The monoisotopic (exact) mass is 255 g/mol. The summed E-state index contributed by atoms with van der Waals surface area (Å²) < 4.78 is 5.31. The van der Waals surface area contributed by atoms with Gasteiger partial charge in [0.25, 0.3) is 0 Å². The van der Waals surface area contributed by atoms with E-state index in [4.69, 9.17) is 4.42 Å². The quantitative estimate of drug-likeness (QED) is 0.771. The molecule has 98 valence electrons. The van der Waals surface area contributed by atoms with Gasteiger partial charge in [0.05, 0.1) is 17.2 Å². The molecule has 2 heterocycles. The van der Waals surface area contributed by atoms with Gasteiger partial charge in [-0.1, -0.05) is 13.8 Å². The highest BCUT2D eigenvalue weighted by Gasteiger charge is 2.07. The van der Waals surface area contributed by atoms with Crippen LogP contribution in [-0.2, 0) is 6.42 Å². The van der Waals surface area contributed by atoms with Gasteiger partial charge in [0, 0.05) is 12.0 Å². The Morgan fingerprint density at radius 2 is 2.21 bits per heavy atom. The minimum absolute atomic E-state index is 0.693. The van der Waals surface area contributed by atoms with Crippen LogP contribution in [0.1, 0.15) is 26.1 Å². The number of hydrogen-bond acceptors (Lipinski definition) is 3. The van der Waals surface area contributed by atoms with Crippen LogP contribution in [-0.4, -0.2) is 15.0 Å². The maximum Gasteiger partial charge on any atom is 0.181 e. The van der Waals surface area contributed by atoms with Crippen LogP contribution in [0.4, 0.5) is 0 Å². The van der Waals surface area contributed by atoms with E-state index < -0.39 is 0 Å². The second kappa shape index (κ2) is 4.88. The van der Waals surface area contributed by atoms with E-state index in [1.807, 2.05) is 12.1 Å². The fraction of sp³-hybridized carbons (Fsp3) is 0.333. The molecule has 3 rings (SSSR count). The Morgan fingerprint density at radius 3 is 2.95 bits per heavy atom. The first-order chi connectivity index (χ1) is 9.22. The average molecular weight is 255 g/mol. The number of oxazole rings is 1. The molecule has 0 unspecified atom stereocenters. The molecule has 0 aliphatic carbocycles. The highest BCUT2D eigenvalue weighted by molar-refractivity contribution is 5.80. The highest BCUT2D eigenvalue weighted by atomic mass is 16.3. The first-order valence-electron chi connectivity index (χ1n) is 6.60. The average Bonchev–Trinajstić information content (AvgIpc) is 3.04. The predicted molar refractivity (Wildman–Crippen MR) is 74.7 cm³/mol. The molecule has 0 saturated carbocycles. The smallest absolute Gasteiger partial charge is 0.181 e. The highest BCUT2D eigenvalue weighted by Crippen LogP contribution is 2.23. The zero-order chi connectivity index (χ0) is 13.2. The molecule has 2 aromatic heterocycles. The third-order valence-corrected chi connectivity index (χ3v) is 3.21. The lowest BCUT2D eigenvalue weighted by molar-refractivity contribution is 0.572. The number of rotatable bonds is 4. The summed E-state index contributed by atoms with van der Waals surface area (Å²) in [5.74, 6) is 2.52. The summed E-state index contributed by atoms with van der Waals surface area (Å²) in [6.45, 7) is 4.45. The maximum atomic E-state index is 5.31. The summed E-state index contributed by atoms with van der Waals surface area (Å²) in [4.78, 5) is 11.9. The van der Waals surface area contributed by atoms with E-state index in [0.717, 1.165) is 41.0 Å². The lowest BCUT2D eigenvalue weighted by Crippen LogP contribution is -1.93. The lowest BCUT2D eigenvalue weighted by Gasteiger charge is -2.00. The summed E-state index contributed by atoms with van der Waals surface area (Å²) >= 11 is 0. The molecule has 0 aliphatic heterocycles. The number of H-pyrrole nitrogens is 1. The van der Waals surface area contributed by atoms with E-state index in [0.29, 0.717) is 5.92 Å². The molecule has 1 N–H and O–H groups in total. The molecular weight excluding hydrogens is 238 g/mol. The minimum Gasteiger partial charge on any atom is -0.444 e. The maximum absolute atomic E-state index is 5.31. The molecule has 0 amide bonds. The van der Waals surface area contributed by atoms with E-state index in [-0.39, 0.29) is 0 Å². The lowest BCUT2D eigenvalue weighted by atomic mass is 10.1. The predicted octanol–water partition coefficient (Wildman–Crippen LogP) is 3.81. The first kappa shape index (κ1) is 12.0. The van der Waals surface area contributed by atoms with Crippen molar-refractivity contribution in [2.45, 2.75) is 26.7 Å². The van der Waals surface area contributed by atoms with Crippen LogP contribution in [0.3, 0.4) is 0 Å². The molecule has 4 heteroatoms. The summed E-state index contributed by atoms with van der Waals surface area (Å²) in [5.41, 5.74) is 3.07. The van der Waals surface area contributed by atoms with Gasteiger partial charge in [0.1, 0.15) is 5.82 Å². The van der Waals surface area contributed by atoms with Crippen molar-refractivity contribution in [3.63, 3.8) is 0 Å². The van der Waals surface area contributed by atoms with Crippen LogP contribution in [0.5, 0.6) is 0 Å². The number of fused-ring (bicyclic) bond motifs is 1. The van der Waals surface area contributed by atoms with E-state index in [1.54, 1.807) is 6.20 Å². The van der Waals surface area contributed by atoms with Crippen molar-refractivity contribution < 1.29 is 4.42 Å². The zero-order valence-corrected chi connectivity index (χ0v) is 11.2. The molecule has 0 atom stereocenters. The molecule has 3 aromatic rings. The largest absolute Gasteiger partial charge is 0.444 e. The van der Waals surface area contributed by atoms with Crippen LogP contribution < -0.4 is 0 Å². The molecule has 4 nitrogen and oxygen atoms in total. The summed E-state index contributed by atoms with van der Waals surface area (Å²) in [7, 11) is 0. The van der Waals surface area contributed by atoms with Gasteiger partial charge < -0.3 is 9.40 Å². The number of aryl methyl sites for hydroxylation is 1. The van der Waals surface area contributed by atoms with Gasteiger partial charge in [0.15, 0.2) is 12.2 Å². The Labute approximate surface area is 111 Å². The van der Waals surface area contributed by atoms with Gasteiger partial charge in [-0.05, 0) is 30.5 Å². The van der Waals surface area contributed by atoms with E-state index in [1.165, 1.54) is 6.39 Å². The Bertz CT molecular complexity index is 668. The molecular formula is C15H17N3O. The van der Waals surface area contributed by atoms with Crippen molar-refractivity contribution in [2.24, 2.45) is 5.92 Å². The third-order valence-electron chi connectivity index (χ3n) is 3.21. The van der Waals surface area contributed by atoms with Crippen molar-refractivity contribution in [2.75, 3.05) is 0 Å². The standard InChI is InChI=1S/C15H17N3O/c1-10(2)3-6-15-17-12-5-4-11(7-13(12)18-15)14-8-16-9-19-14/h4-5,7-10H,3,6H2,1-2H3,(H,17,18). The normalized spacial score (nSPS) is 11.5. The van der Waals surface area contributed by atoms with Gasteiger partial charge >= 0.3 is 0 Å². The topological polar surface area (TPSA) is 54.7 Å². The molecule has 1 aromatic carbocycles. The Hall–Kier alpha value is -2.10. The van der Waals surface area contributed by atoms with Crippen LogP contribution in [0, 0.1) is 5.92 Å². The number of aromatic amines is 1. The molecule has 0 spiro atoms. The number of imidazole rings is 1. The van der Waals surface area contributed by atoms with Crippen LogP contribution >= 0.6 is 0 Å². The third kappa shape index (κ3) is 2.52. The molecule has 0 fully saturated rings. The van der Waals surface area contributed by atoms with Crippen LogP contribution in [0.25, 0.3) is 22.4 Å². The number of aromatic nitrogens is 3. The van der Waals surface area contributed by atoms with E-state index in [9.17, 15) is 0 Å². The van der Waals surface area contributed by atoms with Crippen LogP contribution in [0.2, 0.25) is 0 Å². The SMILES string of the molecule is CC(C)CCc1nc2ccc(-c3cnco3)cc2[nH]1. The van der Waals surface area contributed by atoms with Crippen molar-refractivity contribution in [3.05, 3.63) is 36.6 Å². The Kier molecular flexibility index (Phi) is 3.07. The molecule has 19 heavy (non-hydrogen) atoms. The Balaban J connectivity index is 1.91. The molecule has 0 saturated heterocycles. The fourth-order valence-corrected chi connectivity index (χ4v) is 2.12. The van der Waals surface area contributed by atoms with E-state index in [2.05, 4.69) is 34.9 Å².